The van der Waals surface area contributed by atoms with Crippen LogP contribution >= 0.6 is 15.9 Å². The van der Waals surface area contributed by atoms with E-state index in [-0.39, 0.29) is 47.5 Å². The Morgan fingerprint density at radius 3 is 2.52 bits per heavy atom. The Kier molecular flexibility index (Phi) is 9.04. The van der Waals surface area contributed by atoms with Crippen molar-refractivity contribution in [2.75, 3.05) is 11.9 Å². The lowest BCUT2D eigenvalue weighted by atomic mass is 9.95. The number of aryl methyl sites for hydroxylation is 2. The fraction of sp³-hybridized carbons (Fsp3) is 0.432. The highest BCUT2D eigenvalue weighted by Crippen LogP contribution is 2.64. The topological polar surface area (TPSA) is 139 Å². The minimum atomic E-state index is -0.903. The van der Waals surface area contributed by atoms with Gasteiger partial charge < -0.3 is 15.5 Å². The number of ketones is 1. The third-order valence-corrected chi connectivity index (χ3v) is 11.2. The second-order valence-electron chi connectivity index (χ2n) is 13.9. The average molecular weight is 745 g/mol. The molecule has 4 heterocycles. The molecule has 3 aliphatic rings. The van der Waals surface area contributed by atoms with E-state index in [2.05, 4.69) is 42.6 Å². The van der Waals surface area contributed by atoms with Crippen molar-refractivity contribution in [3.8, 4) is 11.1 Å². The summed E-state index contributed by atoms with van der Waals surface area (Å²) in [6.45, 7) is 5.45. The van der Waals surface area contributed by atoms with E-state index in [4.69, 9.17) is 5.10 Å². The molecule has 2 fully saturated rings. The van der Waals surface area contributed by atoms with Gasteiger partial charge in [0.1, 0.15) is 29.9 Å². The molecule has 2 aliphatic heterocycles. The third-order valence-electron chi connectivity index (χ3n) is 10.7. The second-order valence-corrected chi connectivity index (χ2v) is 14.8. The number of nitrogens with zero attached hydrogens (tertiary/aromatic N) is 5. The highest BCUT2D eigenvalue weighted by atomic mass is 79.9. The summed E-state index contributed by atoms with van der Waals surface area (Å²) in [6.07, 6.45) is 8.25. The first-order valence-corrected chi connectivity index (χ1v) is 17.9. The number of carbonyl (C=O) groups is 4. The van der Waals surface area contributed by atoms with Gasteiger partial charge in [0.15, 0.2) is 5.78 Å². The van der Waals surface area contributed by atoms with Crippen molar-refractivity contribution in [1.29, 1.82) is 0 Å². The molecule has 4 atom stereocenters. The zero-order chi connectivity index (χ0) is 35.3. The van der Waals surface area contributed by atoms with Crippen molar-refractivity contribution >= 4 is 56.0 Å². The summed E-state index contributed by atoms with van der Waals surface area (Å²) in [7, 11) is 0. The maximum absolute atomic E-state index is 14.7. The molecule has 0 spiro atoms. The summed E-state index contributed by atoms with van der Waals surface area (Å²) >= 11 is 3.33. The second kappa shape index (κ2) is 13.3. The van der Waals surface area contributed by atoms with Gasteiger partial charge in [0.05, 0.1) is 11.2 Å². The van der Waals surface area contributed by atoms with E-state index in [9.17, 15) is 23.6 Å². The summed E-state index contributed by atoms with van der Waals surface area (Å²) in [4.78, 5) is 64.7. The molecule has 4 aromatic rings. The number of carbonyl (C=O) groups excluding carboxylic acids is 4. The molecule has 2 N–H and O–H groups in total. The normalized spacial score (nSPS) is 24.0. The fourth-order valence-electron chi connectivity index (χ4n) is 8.04. The molecular weight excluding hydrogens is 705 g/mol. The molecule has 1 aliphatic carbocycles. The number of piperidine rings is 1. The van der Waals surface area contributed by atoms with Gasteiger partial charge in [0.2, 0.25) is 17.7 Å². The zero-order valence-corrected chi connectivity index (χ0v) is 29.8. The number of rotatable bonds is 4. The Bertz CT molecular complexity index is 2030. The maximum atomic E-state index is 14.7. The van der Waals surface area contributed by atoms with Crippen LogP contribution in [0.3, 0.4) is 0 Å². The largest absolute Gasteiger partial charge is 0.355 e. The number of anilines is 1. The van der Waals surface area contributed by atoms with E-state index in [1.54, 1.807) is 28.0 Å². The van der Waals surface area contributed by atoms with Crippen LogP contribution in [0.4, 0.5) is 10.1 Å². The Morgan fingerprint density at radius 1 is 1.04 bits per heavy atom. The molecular formula is C37H39BrFN7O4. The summed E-state index contributed by atoms with van der Waals surface area (Å²) < 4.78 is 16.9. The molecule has 13 heteroatoms. The van der Waals surface area contributed by atoms with Crippen LogP contribution < -0.4 is 10.6 Å². The highest BCUT2D eigenvalue weighted by molar-refractivity contribution is 9.10. The average Bonchev–Trinajstić information content (AvgIpc) is 3.35. The minimum absolute atomic E-state index is 0.00537. The molecule has 2 aromatic carbocycles. The standard InChI is InChI=1S/C37H39BrFN7O4/c1-20-35-37(20)15-30(36(50)43-29-14-26(38)10-11-28(29)39)46(35)32(49)18-45-34-23(8-6-4-5-7-9-31(48)42-19-37)12-24(25-16-40-22(3)41-17-25)13-27(34)33(44-45)21(2)47/h10-14,16-17,20,30,35H,4-9,15,18-19H2,1-3H3,(H,42,48)(H,43,50)/t20-,30-,35?,37+/m0/s1. The molecule has 50 heavy (non-hydrogen) atoms. The number of hydrogen-bond acceptors (Lipinski definition) is 7. The van der Waals surface area contributed by atoms with E-state index < -0.39 is 23.2 Å². The van der Waals surface area contributed by atoms with Gasteiger partial charge in [-0.2, -0.15) is 5.10 Å². The van der Waals surface area contributed by atoms with Crippen LogP contribution in [0.25, 0.3) is 22.0 Å². The Balaban J connectivity index is 1.30. The summed E-state index contributed by atoms with van der Waals surface area (Å²) in [5, 5.41) is 11.2. The first-order valence-electron chi connectivity index (χ1n) is 17.1. The lowest BCUT2D eigenvalue weighted by Gasteiger charge is -2.28. The first-order chi connectivity index (χ1) is 24.0. The number of aromatic nitrogens is 4. The number of amides is 3. The molecule has 1 saturated carbocycles. The lowest BCUT2D eigenvalue weighted by Crippen LogP contribution is -2.47. The molecule has 2 aromatic heterocycles. The van der Waals surface area contributed by atoms with Gasteiger partial charge in [0.25, 0.3) is 0 Å². The zero-order valence-electron chi connectivity index (χ0n) is 28.3. The van der Waals surface area contributed by atoms with E-state index in [0.29, 0.717) is 47.0 Å². The number of nitrogens with one attached hydrogen (secondary N) is 2. The molecule has 1 saturated heterocycles. The summed E-state index contributed by atoms with van der Waals surface area (Å²) in [5.41, 5.74) is 3.05. The lowest BCUT2D eigenvalue weighted by molar-refractivity contribution is -0.139. The minimum Gasteiger partial charge on any atom is -0.355 e. The predicted octanol–water partition coefficient (Wildman–Crippen LogP) is 5.77. The molecule has 260 valence electrons. The van der Waals surface area contributed by atoms with E-state index in [0.717, 1.165) is 42.4 Å². The summed E-state index contributed by atoms with van der Waals surface area (Å²) in [5.74, 6) is -1.05. The van der Waals surface area contributed by atoms with Crippen LogP contribution in [-0.4, -0.2) is 66.8 Å². The Labute approximate surface area is 297 Å². The van der Waals surface area contributed by atoms with Crippen LogP contribution in [0, 0.1) is 24.1 Å². The van der Waals surface area contributed by atoms with Gasteiger partial charge in [-0.25, -0.2) is 14.4 Å². The Morgan fingerprint density at radius 2 is 1.78 bits per heavy atom. The molecule has 3 amide bonds. The van der Waals surface area contributed by atoms with Crippen molar-refractivity contribution in [2.45, 2.75) is 84.3 Å². The van der Waals surface area contributed by atoms with Gasteiger partial charge in [-0.05, 0) is 80.0 Å². The molecule has 1 unspecified atom stereocenters. The van der Waals surface area contributed by atoms with Gasteiger partial charge in [-0.3, -0.25) is 23.9 Å². The van der Waals surface area contributed by atoms with Crippen LogP contribution in [-0.2, 0) is 27.3 Å². The molecule has 2 bridgehead atoms. The highest BCUT2D eigenvalue weighted by Gasteiger charge is 2.72. The number of Topliss-reactive ketones (excluding diaryl/α,β-unsaturated/α-hetero) is 1. The smallest absolute Gasteiger partial charge is 0.247 e. The van der Waals surface area contributed by atoms with Gasteiger partial charge in [-0.15, -0.1) is 0 Å². The number of hydrogen-bond donors (Lipinski definition) is 2. The van der Waals surface area contributed by atoms with Crippen LogP contribution in [0.2, 0.25) is 0 Å². The summed E-state index contributed by atoms with van der Waals surface area (Å²) in [6, 6.07) is 7.03. The van der Waals surface area contributed by atoms with Crippen molar-refractivity contribution in [2.24, 2.45) is 11.3 Å². The van der Waals surface area contributed by atoms with Crippen molar-refractivity contribution in [3.05, 3.63) is 70.1 Å². The fourth-order valence-corrected chi connectivity index (χ4v) is 8.40. The molecule has 7 rings (SSSR count). The van der Waals surface area contributed by atoms with E-state index in [1.807, 2.05) is 19.9 Å². The molecule has 11 nitrogen and oxygen atoms in total. The predicted molar refractivity (Wildman–Crippen MR) is 189 cm³/mol. The molecule has 0 radical (unpaired) electrons. The van der Waals surface area contributed by atoms with Crippen molar-refractivity contribution in [3.63, 3.8) is 0 Å². The SMILES string of the molecule is CC(=O)c1nn2c3c(cc(-c4cnc(C)nc4)cc13)CCCCCCC(=O)NC[C@@]13C[C@@H](C(=O)Nc4cc(Br)ccc4F)N(C(=O)C2)C1[C@@H]3C. The Hall–Kier alpha value is -4.52. The van der Waals surface area contributed by atoms with Gasteiger partial charge in [0, 0.05) is 59.2 Å². The van der Waals surface area contributed by atoms with Crippen LogP contribution in [0.5, 0.6) is 0 Å². The maximum Gasteiger partial charge on any atom is 0.247 e. The van der Waals surface area contributed by atoms with E-state index in [1.165, 1.54) is 19.1 Å². The van der Waals surface area contributed by atoms with Crippen LogP contribution in [0.15, 0.2) is 47.2 Å². The first kappa shape index (κ1) is 34.0. The van der Waals surface area contributed by atoms with Gasteiger partial charge in [-0.1, -0.05) is 35.7 Å². The third kappa shape index (κ3) is 6.20. The quantitative estimate of drug-likeness (QED) is 0.253. The monoisotopic (exact) mass is 743 g/mol. The van der Waals surface area contributed by atoms with Crippen molar-refractivity contribution in [1.82, 2.24) is 30.0 Å². The van der Waals surface area contributed by atoms with Crippen molar-refractivity contribution < 1.29 is 23.6 Å². The number of halogens is 2. The number of benzene rings is 2. The van der Waals surface area contributed by atoms with E-state index >= 15 is 0 Å². The van der Waals surface area contributed by atoms with Gasteiger partial charge >= 0.3 is 0 Å². The van der Waals surface area contributed by atoms with Crippen LogP contribution in [0.1, 0.15) is 74.2 Å².